The van der Waals surface area contributed by atoms with Crippen LogP contribution in [-0.4, -0.2) is 22.8 Å². The lowest BCUT2D eigenvalue weighted by atomic mass is 9.87. The Balaban J connectivity index is 1.39. The van der Waals surface area contributed by atoms with Crippen LogP contribution in [0.3, 0.4) is 0 Å². The van der Waals surface area contributed by atoms with Gasteiger partial charge in [-0.1, -0.05) is 24.3 Å². The zero-order valence-corrected chi connectivity index (χ0v) is 15.9. The summed E-state index contributed by atoms with van der Waals surface area (Å²) in [4.78, 5) is 18.9. The summed E-state index contributed by atoms with van der Waals surface area (Å²) in [5, 5.41) is 0. The van der Waals surface area contributed by atoms with Crippen molar-refractivity contribution >= 4 is 5.91 Å². The van der Waals surface area contributed by atoms with Crippen LogP contribution in [0.4, 0.5) is 4.39 Å². The molecule has 3 aromatic rings. The van der Waals surface area contributed by atoms with E-state index in [-0.39, 0.29) is 17.8 Å². The Morgan fingerprint density at radius 3 is 2.82 bits per heavy atom. The van der Waals surface area contributed by atoms with Crippen LogP contribution in [0, 0.1) is 5.82 Å². The molecule has 0 radical (unpaired) electrons. The van der Waals surface area contributed by atoms with Crippen LogP contribution in [0.15, 0.2) is 59.1 Å². The molecular formula is C23H23FN2O2. The molecule has 1 aliphatic carbocycles. The number of oxazole rings is 1. The van der Waals surface area contributed by atoms with Gasteiger partial charge in [0, 0.05) is 25.5 Å². The van der Waals surface area contributed by atoms with E-state index in [2.05, 4.69) is 23.2 Å². The standard InChI is InChI=1S/C23H23FN2O2/c1-26(20-8-4-6-16-5-2-3-7-19(16)20)23(27)14-13-22-25-15-21(28-22)17-9-11-18(24)12-10-17/h2-3,5,7,9-12,15,20H,4,6,8,13-14H2,1H3. The molecule has 0 fully saturated rings. The maximum Gasteiger partial charge on any atom is 0.223 e. The van der Waals surface area contributed by atoms with Gasteiger partial charge in [0.2, 0.25) is 5.91 Å². The van der Waals surface area contributed by atoms with Crippen molar-refractivity contribution < 1.29 is 13.6 Å². The Morgan fingerprint density at radius 1 is 1.21 bits per heavy atom. The largest absolute Gasteiger partial charge is 0.441 e. The molecule has 0 aliphatic heterocycles. The molecule has 4 nitrogen and oxygen atoms in total. The molecule has 1 aliphatic rings. The third-order valence-corrected chi connectivity index (χ3v) is 5.43. The average molecular weight is 378 g/mol. The van der Waals surface area contributed by atoms with Gasteiger partial charge in [-0.25, -0.2) is 9.37 Å². The maximum absolute atomic E-state index is 13.1. The van der Waals surface area contributed by atoms with Gasteiger partial charge in [0.25, 0.3) is 0 Å². The van der Waals surface area contributed by atoms with E-state index in [0.29, 0.717) is 24.5 Å². The highest BCUT2D eigenvalue weighted by molar-refractivity contribution is 5.76. The zero-order chi connectivity index (χ0) is 19.5. The Labute approximate surface area is 164 Å². The number of benzene rings is 2. The fourth-order valence-electron chi connectivity index (χ4n) is 3.87. The van der Waals surface area contributed by atoms with Gasteiger partial charge in [-0.2, -0.15) is 0 Å². The van der Waals surface area contributed by atoms with Gasteiger partial charge in [0.05, 0.1) is 12.2 Å². The molecule has 1 heterocycles. The molecule has 5 heteroatoms. The van der Waals surface area contributed by atoms with Crippen molar-refractivity contribution in [3.05, 3.63) is 77.6 Å². The van der Waals surface area contributed by atoms with Gasteiger partial charge < -0.3 is 9.32 Å². The van der Waals surface area contributed by atoms with Gasteiger partial charge in [0.1, 0.15) is 5.82 Å². The van der Waals surface area contributed by atoms with Crippen molar-refractivity contribution in [2.45, 2.75) is 38.1 Å². The van der Waals surface area contributed by atoms with E-state index in [4.69, 9.17) is 4.42 Å². The molecule has 0 N–H and O–H groups in total. The van der Waals surface area contributed by atoms with Gasteiger partial charge in [-0.3, -0.25) is 4.79 Å². The number of amides is 1. The molecule has 1 unspecified atom stereocenters. The highest BCUT2D eigenvalue weighted by atomic mass is 19.1. The molecule has 4 rings (SSSR count). The predicted molar refractivity (Wildman–Crippen MR) is 105 cm³/mol. The summed E-state index contributed by atoms with van der Waals surface area (Å²) >= 11 is 0. The molecule has 0 saturated heterocycles. The van der Waals surface area contributed by atoms with Crippen LogP contribution in [0.25, 0.3) is 11.3 Å². The van der Waals surface area contributed by atoms with Gasteiger partial charge in [0.15, 0.2) is 11.7 Å². The molecule has 1 aromatic heterocycles. The molecule has 144 valence electrons. The summed E-state index contributed by atoms with van der Waals surface area (Å²) in [6.07, 6.45) is 5.58. The number of rotatable bonds is 5. The van der Waals surface area contributed by atoms with Crippen molar-refractivity contribution in [2.24, 2.45) is 0 Å². The minimum atomic E-state index is -0.290. The summed E-state index contributed by atoms with van der Waals surface area (Å²) < 4.78 is 18.8. The normalized spacial score (nSPS) is 15.9. The fourth-order valence-corrected chi connectivity index (χ4v) is 3.87. The number of halogens is 1. The quantitative estimate of drug-likeness (QED) is 0.631. The monoisotopic (exact) mass is 378 g/mol. The Morgan fingerprint density at radius 2 is 2.00 bits per heavy atom. The molecule has 0 saturated carbocycles. The van der Waals surface area contributed by atoms with Crippen molar-refractivity contribution in [3.8, 4) is 11.3 Å². The number of fused-ring (bicyclic) bond motifs is 1. The van der Waals surface area contributed by atoms with Crippen LogP contribution >= 0.6 is 0 Å². The molecule has 2 aromatic carbocycles. The first-order chi connectivity index (χ1) is 13.6. The number of aryl methyl sites for hydroxylation is 2. The lowest BCUT2D eigenvalue weighted by molar-refractivity contribution is -0.132. The van der Waals surface area contributed by atoms with Crippen molar-refractivity contribution in [1.82, 2.24) is 9.88 Å². The third-order valence-electron chi connectivity index (χ3n) is 5.43. The van der Waals surface area contributed by atoms with E-state index < -0.39 is 0 Å². The minimum absolute atomic E-state index is 0.0863. The van der Waals surface area contributed by atoms with E-state index >= 15 is 0 Å². The van der Waals surface area contributed by atoms with Crippen molar-refractivity contribution in [3.63, 3.8) is 0 Å². The van der Waals surface area contributed by atoms with E-state index in [9.17, 15) is 9.18 Å². The summed E-state index contributed by atoms with van der Waals surface area (Å²) in [5.41, 5.74) is 3.37. The first kappa shape index (κ1) is 18.4. The smallest absolute Gasteiger partial charge is 0.223 e. The second-order valence-corrected chi connectivity index (χ2v) is 7.24. The SMILES string of the molecule is CN(C(=O)CCc1ncc(-c2ccc(F)cc2)o1)C1CCCc2ccccc21. The molecule has 0 spiro atoms. The highest BCUT2D eigenvalue weighted by Gasteiger charge is 2.26. The number of aromatic nitrogens is 1. The van der Waals surface area contributed by atoms with Crippen LogP contribution < -0.4 is 0 Å². The number of carbonyl (C=O) groups is 1. The van der Waals surface area contributed by atoms with Gasteiger partial charge in [-0.05, 0) is 54.7 Å². The van der Waals surface area contributed by atoms with Gasteiger partial charge in [-0.15, -0.1) is 0 Å². The Kier molecular flexibility index (Phi) is 5.24. The fraction of sp³-hybridized carbons (Fsp3) is 0.304. The van der Waals surface area contributed by atoms with Crippen LogP contribution in [-0.2, 0) is 17.6 Å². The Bertz CT molecular complexity index is 965. The van der Waals surface area contributed by atoms with E-state index in [1.165, 1.54) is 23.3 Å². The van der Waals surface area contributed by atoms with Crippen molar-refractivity contribution in [1.29, 1.82) is 0 Å². The van der Waals surface area contributed by atoms with Crippen LogP contribution in [0.1, 0.15) is 42.3 Å². The lowest BCUT2D eigenvalue weighted by Crippen LogP contribution is -2.33. The van der Waals surface area contributed by atoms with E-state index in [1.807, 2.05) is 18.0 Å². The summed E-state index contributed by atoms with van der Waals surface area (Å²) in [7, 11) is 1.88. The molecule has 28 heavy (non-hydrogen) atoms. The topological polar surface area (TPSA) is 46.3 Å². The second kappa shape index (κ2) is 7.97. The first-order valence-electron chi connectivity index (χ1n) is 9.66. The zero-order valence-electron chi connectivity index (χ0n) is 15.9. The second-order valence-electron chi connectivity index (χ2n) is 7.24. The third kappa shape index (κ3) is 3.84. The molecular weight excluding hydrogens is 355 g/mol. The van der Waals surface area contributed by atoms with Crippen LogP contribution in [0.5, 0.6) is 0 Å². The summed E-state index contributed by atoms with van der Waals surface area (Å²) in [5.74, 6) is 0.895. The minimum Gasteiger partial charge on any atom is -0.441 e. The summed E-state index contributed by atoms with van der Waals surface area (Å²) in [6, 6.07) is 14.6. The van der Waals surface area contributed by atoms with E-state index in [0.717, 1.165) is 24.8 Å². The number of nitrogens with zero attached hydrogens (tertiary/aromatic N) is 2. The number of carbonyl (C=O) groups excluding carboxylic acids is 1. The number of hydrogen-bond acceptors (Lipinski definition) is 3. The molecule has 1 atom stereocenters. The number of hydrogen-bond donors (Lipinski definition) is 0. The molecule has 1 amide bonds. The summed E-state index contributed by atoms with van der Waals surface area (Å²) in [6.45, 7) is 0. The van der Waals surface area contributed by atoms with Gasteiger partial charge >= 0.3 is 0 Å². The predicted octanol–water partition coefficient (Wildman–Crippen LogP) is 4.95. The Hall–Kier alpha value is -2.95. The van der Waals surface area contributed by atoms with Crippen molar-refractivity contribution in [2.75, 3.05) is 7.05 Å². The molecule has 0 bridgehead atoms. The first-order valence-corrected chi connectivity index (χ1v) is 9.66. The lowest BCUT2D eigenvalue weighted by Gasteiger charge is -2.33. The van der Waals surface area contributed by atoms with E-state index in [1.54, 1.807) is 18.3 Å². The maximum atomic E-state index is 13.1. The average Bonchev–Trinajstić information content (AvgIpc) is 3.20. The van der Waals surface area contributed by atoms with Crippen LogP contribution in [0.2, 0.25) is 0 Å². The highest BCUT2D eigenvalue weighted by Crippen LogP contribution is 2.33.